The van der Waals surface area contributed by atoms with Gasteiger partial charge in [0.25, 0.3) is 0 Å². The second-order valence-electron chi connectivity index (χ2n) is 8.46. The Hall–Kier alpha value is -3.13. The highest BCUT2D eigenvalue weighted by molar-refractivity contribution is 6.58. The van der Waals surface area contributed by atoms with Crippen molar-refractivity contribution in [2.75, 3.05) is 6.54 Å². The zero-order valence-corrected chi connectivity index (χ0v) is 20.4. The lowest BCUT2D eigenvalue weighted by Gasteiger charge is -2.32. The van der Waals surface area contributed by atoms with Gasteiger partial charge in [0.15, 0.2) is 5.70 Å². The molecule has 0 saturated carbocycles. The summed E-state index contributed by atoms with van der Waals surface area (Å²) < 4.78 is 39.3. The van der Waals surface area contributed by atoms with Crippen molar-refractivity contribution in [3.05, 3.63) is 98.9 Å². The first kappa shape index (κ1) is 23.6. The largest absolute Gasteiger partial charge is 0.737 e. The second-order valence-corrected chi connectivity index (χ2v) is 9.27. The number of nitrogens with two attached hydrogens (primary N) is 1. The quantitative estimate of drug-likeness (QED) is 0.361. The SMILES string of the molecule is Cc1cc(/C=C/c2ccc(Oc3ccc(Cl)c(Cl)c3)cc2)n2c1C(CCN)=C1C=CC=[N+]1[B-]2(F)F. The van der Waals surface area contributed by atoms with E-state index in [0.29, 0.717) is 51.6 Å². The number of halogens is 4. The molecule has 0 spiro atoms. The van der Waals surface area contributed by atoms with E-state index in [1.165, 1.54) is 6.21 Å². The van der Waals surface area contributed by atoms with Gasteiger partial charge >= 0.3 is 6.97 Å². The molecule has 3 heterocycles. The minimum atomic E-state index is -4.03. The van der Waals surface area contributed by atoms with E-state index < -0.39 is 6.97 Å². The van der Waals surface area contributed by atoms with Gasteiger partial charge in [-0.2, -0.15) is 0 Å². The fourth-order valence-corrected chi connectivity index (χ4v) is 4.88. The molecule has 2 aliphatic rings. The van der Waals surface area contributed by atoms with Crippen molar-refractivity contribution in [3.63, 3.8) is 0 Å². The summed E-state index contributed by atoms with van der Waals surface area (Å²) in [6.45, 7) is -1.79. The summed E-state index contributed by atoms with van der Waals surface area (Å²) in [5.74, 6) is 1.18. The monoisotopic (exact) mass is 511 g/mol. The summed E-state index contributed by atoms with van der Waals surface area (Å²) in [6.07, 6.45) is 8.86. The van der Waals surface area contributed by atoms with Gasteiger partial charge in [0.2, 0.25) is 0 Å². The minimum absolute atomic E-state index is 0.380. The van der Waals surface area contributed by atoms with Crippen LogP contribution in [0.15, 0.2) is 66.4 Å². The molecular weight excluding hydrogens is 490 g/mol. The van der Waals surface area contributed by atoms with Crippen LogP contribution >= 0.6 is 23.2 Å². The van der Waals surface area contributed by atoms with Crippen LogP contribution in [-0.2, 0) is 0 Å². The molecule has 3 aromatic rings. The third-order valence-corrected chi connectivity index (χ3v) is 6.86. The van der Waals surface area contributed by atoms with E-state index >= 15 is 8.63 Å². The lowest BCUT2D eigenvalue weighted by atomic mass is 9.86. The summed E-state index contributed by atoms with van der Waals surface area (Å²) in [7, 11) is 0. The fourth-order valence-electron chi connectivity index (χ4n) is 4.59. The molecule has 2 aromatic carbocycles. The van der Waals surface area contributed by atoms with Crippen LogP contribution in [0.1, 0.15) is 28.9 Å². The average Bonchev–Trinajstić information content (AvgIpc) is 3.45. The fraction of sp³-hybridized carbons (Fsp3) is 0.115. The first-order valence-electron chi connectivity index (χ1n) is 11.2. The average molecular weight is 512 g/mol. The van der Waals surface area contributed by atoms with Gasteiger partial charge < -0.3 is 28.1 Å². The Bertz CT molecular complexity index is 1440. The van der Waals surface area contributed by atoms with Crippen LogP contribution in [0.3, 0.4) is 0 Å². The van der Waals surface area contributed by atoms with E-state index in [4.69, 9.17) is 33.7 Å². The molecule has 178 valence electrons. The standard InChI is InChI=1S/C26H22BCl2F2N3O/c1-17-15-19(34-26(17)22(12-13-32)25-3-2-14-33(25)27(34,30)31)7-4-18-5-8-20(9-6-18)35-21-10-11-23(28)24(29)16-21/h2-11,14-16H,12-13,32H2,1H3/b7-4+. The number of benzene rings is 2. The Kier molecular flexibility index (Phi) is 6.17. The lowest BCUT2D eigenvalue weighted by molar-refractivity contribution is -0.356. The van der Waals surface area contributed by atoms with E-state index in [1.807, 2.05) is 25.1 Å². The van der Waals surface area contributed by atoms with Gasteiger partial charge in [-0.05, 0) is 67.4 Å². The number of aryl methyl sites for hydroxylation is 1. The summed E-state index contributed by atoms with van der Waals surface area (Å²) in [5, 5.41) is 0.863. The second kappa shape index (κ2) is 9.15. The summed E-state index contributed by atoms with van der Waals surface area (Å²) in [4.78, 5) is 0. The van der Waals surface area contributed by atoms with Crippen molar-refractivity contribution >= 4 is 54.1 Å². The first-order valence-corrected chi connectivity index (χ1v) is 11.9. The molecule has 0 saturated heterocycles. The van der Waals surface area contributed by atoms with Crippen molar-refractivity contribution in [2.45, 2.75) is 13.3 Å². The van der Waals surface area contributed by atoms with E-state index in [2.05, 4.69) is 0 Å². The van der Waals surface area contributed by atoms with Gasteiger partial charge in [-0.3, -0.25) is 0 Å². The maximum absolute atomic E-state index is 15.6. The molecule has 5 rings (SSSR count). The smallest absolute Gasteiger partial charge is 0.457 e. The van der Waals surface area contributed by atoms with Crippen molar-refractivity contribution in [3.8, 4) is 11.5 Å². The lowest BCUT2D eigenvalue weighted by Crippen LogP contribution is -2.50. The topological polar surface area (TPSA) is 43.2 Å². The molecule has 0 bridgehead atoms. The Morgan fingerprint density at radius 2 is 1.77 bits per heavy atom. The Labute approximate surface area is 212 Å². The predicted molar refractivity (Wildman–Crippen MR) is 140 cm³/mol. The number of fused-ring (bicyclic) bond motifs is 2. The molecule has 0 radical (unpaired) electrons. The Morgan fingerprint density at radius 3 is 2.49 bits per heavy atom. The summed E-state index contributed by atoms with van der Waals surface area (Å²) in [6, 6.07) is 14.2. The number of aromatic nitrogens is 1. The maximum atomic E-state index is 15.6. The minimum Gasteiger partial charge on any atom is -0.457 e. The number of hydrogen-bond acceptors (Lipinski definition) is 2. The molecule has 0 fully saturated rings. The predicted octanol–water partition coefficient (Wildman–Crippen LogP) is 7.02. The number of rotatable bonds is 6. The summed E-state index contributed by atoms with van der Waals surface area (Å²) >= 11 is 12.0. The van der Waals surface area contributed by atoms with Crippen LogP contribution < -0.4 is 10.5 Å². The number of hydrogen-bond donors (Lipinski definition) is 1. The van der Waals surface area contributed by atoms with Gasteiger partial charge in [-0.15, -0.1) is 0 Å². The summed E-state index contributed by atoms with van der Waals surface area (Å²) in [5.41, 5.74) is 9.82. The molecule has 0 aliphatic carbocycles. The van der Waals surface area contributed by atoms with E-state index in [-0.39, 0.29) is 0 Å². The van der Waals surface area contributed by atoms with Crippen LogP contribution in [-0.4, -0.2) is 28.7 Å². The molecule has 0 unspecified atom stereocenters. The van der Waals surface area contributed by atoms with E-state index in [1.54, 1.807) is 54.6 Å². The number of nitrogens with zero attached hydrogens (tertiary/aromatic N) is 2. The van der Waals surface area contributed by atoms with Crippen molar-refractivity contribution in [1.82, 2.24) is 4.48 Å². The van der Waals surface area contributed by atoms with Gasteiger partial charge in [-0.1, -0.05) is 41.4 Å². The Balaban J connectivity index is 1.44. The molecule has 2 aliphatic heterocycles. The number of allylic oxidation sites excluding steroid dienone is 2. The molecular formula is C26H22BCl2F2N3O. The van der Waals surface area contributed by atoms with Gasteiger partial charge in [0, 0.05) is 35.2 Å². The van der Waals surface area contributed by atoms with Gasteiger partial charge in [0.1, 0.15) is 17.7 Å². The van der Waals surface area contributed by atoms with Gasteiger partial charge in [0.05, 0.1) is 10.0 Å². The van der Waals surface area contributed by atoms with Crippen LogP contribution in [0.2, 0.25) is 10.0 Å². The van der Waals surface area contributed by atoms with E-state index in [9.17, 15) is 0 Å². The highest BCUT2D eigenvalue weighted by Gasteiger charge is 2.52. The third kappa shape index (κ3) is 4.24. The van der Waals surface area contributed by atoms with Gasteiger partial charge in [-0.25, -0.2) is 0 Å². The zero-order valence-electron chi connectivity index (χ0n) is 18.9. The van der Waals surface area contributed by atoms with E-state index in [0.717, 1.165) is 25.7 Å². The van der Waals surface area contributed by atoms with Crippen LogP contribution in [0.25, 0.3) is 17.7 Å². The van der Waals surface area contributed by atoms with Crippen molar-refractivity contribution in [2.24, 2.45) is 5.73 Å². The first-order chi connectivity index (χ1) is 16.8. The zero-order chi connectivity index (χ0) is 24.7. The van der Waals surface area contributed by atoms with Crippen molar-refractivity contribution < 1.29 is 17.9 Å². The van der Waals surface area contributed by atoms with Crippen molar-refractivity contribution in [1.29, 1.82) is 0 Å². The maximum Gasteiger partial charge on any atom is 0.737 e. The molecule has 2 N–H and O–H groups in total. The number of ether oxygens (including phenoxy) is 1. The molecule has 9 heteroatoms. The molecule has 35 heavy (non-hydrogen) atoms. The molecule has 0 amide bonds. The molecule has 1 aromatic heterocycles. The van der Waals surface area contributed by atoms with Crippen LogP contribution in [0, 0.1) is 6.92 Å². The molecule has 0 atom stereocenters. The van der Waals surface area contributed by atoms with Crippen LogP contribution in [0.4, 0.5) is 8.63 Å². The highest BCUT2D eigenvalue weighted by atomic mass is 35.5. The normalized spacial score (nSPS) is 16.0. The van der Waals surface area contributed by atoms with Crippen LogP contribution in [0.5, 0.6) is 11.5 Å². The third-order valence-electron chi connectivity index (χ3n) is 6.12. The molecule has 4 nitrogen and oxygen atoms in total. The Morgan fingerprint density at radius 1 is 1.03 bits per heavy atom. The highest BCUT2D eigenvalue weighted by Crippen LogP contribution is 2.40.